The molecule has 0 spiro atoms. The molecule has 0 fully saturated rings. The smallest absolute Gasteiger partial charge is 0.252 e. The number of hydrogen-bond donors (Lipinski definition) is 2. The molecule has 6 heteroatoms. The van der Waals surface area contributed by atoms with Crippen LogP contribution in [0.25, 0.3) is 17.3 Å². The maximum atomic E-state index is 13.5. The summed E-state index contributed by atoms with van der Waals surface area (Å²) in [6, 6.07) is 13.5. The van der Waals surface area contributed by atoms with Gasteiger partial charge < -0.3 is 10.4 Å². The number of carbonyl (C=O) groups excluding carboxylic acids is 1. The molecule has 35 heavy (non-hydrogen) atoms. The Kier molecular flexibility index (Phi) is 8.99. The van der Waals surface area contributed by atoms with E-state index in [1.54, 1.807) is 12.3 Å². The van der Waals surface area contributed by atoms with E-state index >= 15 is 0 Å². The lowest BCUT2D eigenvalue weighted by Gasteiger charge is -2.20. The first-order valence-corrected chi connectivity index (χ1v) is 13.2. The van der Waals surface area contributed by atoms with Gasteiger partial charge in [-0.25, -0.2) is 4.68 Å². The summed E-state index contributed by atoms with van der Waals surface area (Å²) >= 11 is 1.48. The maximum Gasteiger partial charge on any atom is 0.252 e. The van der Waals surface area contributed by atoms with Gasteiger partial charge in [0.25, 0.3) is 5.91 Å². The summed E-state index contributed by atoms with van der Waals surface area (Å²) in [5.74, 6) is 0.105. The molecular formula is C29H35N3O2S. The Bertz CT molecular complexity index is 1240. The van der Waals surface area contributed by atoms with Gasteiger partial charge in [0.05, 0.1) is 23.6 Å². The fraction of sp³-hybridized carbons (Fsp3) is 0.310. The molecule has 1 heterocycles. The average Bonchev–Trinajstić information content (AvgIpc) is 3.26. The van der Waals surface area contributed by atoms with Gasteiger partial charge in [-0.05, 0) is 75.8 Å². The minimum atomic E-state index is -0.174. The number of rotatable bonds is 9. The minimum Gasteiger partial charge on any atom is -0.507 e. The molecule has 2 aromatic carbocycles. The van der Waals surface area contributed by atoms with E-state index in [0.29, 0.717) is 5.57 Å². The molecule has 3 rings (SSSR count). The molecule has 0 saturated heterocycles. The van der Waals surface area contributed by atoms with Crippen LogP contribution in [0.4, 0.5) is 0 Å². The third kappa shape index (κ3) is 6.06. The van der Waals surface area contributed by atoms with Crippen molar-refractivity contribution in [2.45, 2.75) is 58.4 Å². The number of nitrogens with zero attached hydrogens (tertiary/aromatic N) is 2. The molecular weight excluding hydrogens is 454 g/mol. The molecule has 1 aromatic heterocycles. The van der Waals surface area contributed by atoms with Crippen LogP contribution in [0, 0.1) is 6.92 Å². The molecule has 0 radical (unpaired) electrons. The summed E-state index contributed by atoms with van der Waals surface area (Å²) in [6.07, 6.45) is 9.30. The Morgan fingerprint density at radius 2 is 1.91 bits per heavy atom. The van der Waals surface area contributed by atoms with E-state index in [1.807, 2.05) is 55.1 Å². The Morgan fingerprint density at radius 1 is 1.20 bits per heavy atom. The predicted octanol–water partition coefficient (Wildman–Crippen LogP) is 7.09. The van der Waals surface area contributed by atoms with Gasteiger partial charge in [-0.15, -0.1) is 11.8 Å². The molecule has 1 unspecified atom stereocenters. The van der Waals surface area contributed by atoms with Gasteiger partial charge in [-0.2, -0.15) is 5.10 Å². The molecule has 3 aromatic rings. The zero-order valence-electron chi connectivity index (χ0n) is 21.4. The van der Waals surface area contributed by atoms with Crippen LogP contribution in [0.15, 0.2) is 65.2 Å². The van der Waals surface area contributed by atoms with Crippen LogP contribution < -0.4 is 5.32 Å². The van der Waals surface area contributed by atoms with Gasteiger partial charge >= 0.3 is 0 Å². The highest BCUT2D eigenvalue weighted by Crippen LogP contribution is 2.31. The summed E-state index contributed by atoms with van der Waals surface area (Å²) in [7, 11) is 0. The molecule has 0 aliphatic rings. The fourth-order valence-corrected chi connectivity index (χ4v) is 4.44. The molecule has 0 saturated carbocycles. The Labute approximate surface area is 213 Å². The number of aromatic hydroxyl groups is 1. The zero-order chi connectivity index (χ0) is 25.5. The summed E-state index contributed by atoms with van der Waals surface area (Å²) < 4.78 is 1.90. The SMILES string of the molecule is C/C=C(/C(=O)NC(CC)c1ccc(O)c(SC)c1)c1cnn(-c2ccc(C)cc2)c1/C=C(\C)CC. The first-order valence-electron chi connectivity index (χ1n) is 12.0. The van der Waals surface area contributed by atoms with Crippen molar-refractivity contribution < 1.29 is 9.90 Å². The number of nitrogens with one attached hydrogen (secondary N) is 1. The number of allylic oxidation sites excluding steroid dienone is 2. The number of benzene rings is 2. The van der Waals surface area contributed by atoms with E-state index in [9.17, 15) is 9.90 Å². The first-order chi connectivity index (χ1) is 16.8. The number of phenols is 1. The van der Waals surface area contributed by atoms with E-state index in [1.165, 1.54) is 22.9 Å². The van der Waals surface area contributed by atoms with Crippen LogP contribution in [-0.2, 0) is 4.79 Å². The van der Waals surface area contributed by atoms with Crippen molar-refractivity contribution in [1.82, 2.24) is 15.1 Å². The van der Waals surface area contributed by atoms with Crippen LogP contribution in [-0.4, -0.2) is 27.0 Å². The largest absolute Gasteiger partial charge is 0.507 e. The molecule has 0 aliphatic heterocycles. The van der Waals surface area contributed by atoms with Gasteiger partial charge in [0.1, 0.15) is 5.75 Å². The maximum absolute atomic E-state index is 13.5. The minimum absolute atomic E-state index is 0.148. The molecule has 0 aliphatic carbocycles. The summed E-state index contributed by atoms with van der Waals surface area (Å²) in [4.78, 5) is 14.3. The zero-order valence-corrected chi connectivity index (χ0v) is 22.2. The normalized spacial score (nSPS) is 13.1. The van der Waals surface area contributed by atoms with E-state index in [0.717, 1.165) is 40.2 Å². The van der Waals surface area contributed by atoms with Crippen molar-refractivity contribution >= 4 is 29.3 Å². The number of carbonyl (C=O) groups is 1. The third-order valence-corrected chi connectivity index (χ3v) is 6.94. The Morgan fingerprint density at radius 3 is 2.51 bits per heavy atom. The quantitative estimate of drug-likeness (QED) is 0.249. The van der Waals surface area contributed by atoms with Crippen molar-refractivity contribution in [2.75, 3.05) is 6.26 Å². The van der Waals surface area contributed by atoms with Crippen LogP contribution in [0.2, 0.25) is 0 Å². The predicted molar refractivity (Wildman–Crippen MR) is 147 cm³/mol. The fourth-order valence-electron chi connectivity index (χ4n) is 3.91. The van der Waals surface area contributed by atoms with E-state index in [4.69, 9.17) is 0 Å². The second-order valence-corrected chi connectivity index (χ2v) is 9.45. The summed E-state index contributed by atoms with van der Waals surface area (Å²) in [5, 5.41) is 17.9. The van der Waals surface area contributed by atoms with Crippen molar-refractivity contribution in [3.05, 3.63) is 82.7 Å². The van der Waals surface area contributed by atoms with Gasteiger partial charge in [0.2, 0.25) is 0 Å². The molecule has 184 valence electrons. The lowest BCUT2D eigenvalue weighted by atomic mass is 10.0. The van der Waals surface area contributed by atoms with Gasteiger partial charge in [-0.3, -0.25) is 4.79 Å². The number of thioether (sulfide) groups is 1. The first kappa shape index (κ1) is 26.4. The molecule has 1 atom stereocenters. The van der Waals surface area contributed by atoms with E-state index < -0.39 is 0 Å². The monoisotopic (exact) mass is 489 g/mol. The van der Waals surface area contributed by atoms with Crippen LogP contribution in [0.5, 0.6) is 5.75 Å². The van der Waals surface area contributed by atoms with Crippen molar-refractivity contribution in [3.8, 4) is 11.4 Å². The van der Waals surface area contributed by atoms with Gasteiger partial charge in [-0.1, -0.05) is 49.3 Å². The number of phenolic OH excluding ortho intramolecular Hbond substituents is 1. The van der Waals surface area contributed by atoms with Crippen molar-refractivity contribution in [1.29, 1.82) is 0 Å². The second-order valence-electron chi connectivity index (χ2n) is 8.60. The number of hydrogen-bond acceptors (Lipinski definition) is 4. The molecule has 0 bridgehead atoms. The molecule has 5 nitrogen and oxygen atoms in total. The molecule has 1 amide bonds. The summed E-state index contributed by atoms with van der Waals surface area (Å²) in [6.45, 7) is 10.2. The highest BCUT2D eigenvalue weighted by molar-refractivity contribution is 7.98. The van der Waals surface area contributed by atoms with Crippen LogP contribution in [0.3, 0.4) is 0 Å². The highest BCUT2D eigenvalue weighted by atomic mass is 32.2. The average molecular weight is 490 g/mol. The van der Waals surface area contributed by atoms with E-state index in [-0.39, 0.29) is 17.7 Å². The van der Waals surface area contributed by atoms with Gasteiger partial charge in [0, 0.05) is 16.0 Å². The van der Waals surface area contributed by atoms with Crippen LogP contribution in [0.1, 0.15) is 69.0 Å². The number of amides is 1. The second kappa shape index (κ2) is 11.9. The molecule has 2 N–H and O–H groups in total. The topological polar surface area (TPSA) is 67.2 Å². The third-order valence-electron chi connectivity index (χ3n) is 6.17. The van der Waals surface area contributed by atoms with Crippen molar-refractivity contribution in [3.63, 3.8) is 0 Å². The van der Waals surface area contributed by atoms with Crippen LogP contribution >= 0.6 is 11.8 Å². The lowest BCUT2D eigenvalue weighted by molar-refractivity contribution is -0.116. The standard InChI is InChI=1S/C29H35N3O2S/c1-7-19(4)16-26-24(18-30-32(26)22-13-10-20(5)11-14-22)23(8-2)29(34)31-25(9-3)21-12-15-27(33)28(17-21)35-6/h8,10-18,25,33H,7,9H2,1-6H3,(H,31,34)/b19-16+,23-8+. The highest BCUT2D eigenvalue weighted by Gasteiger charge is 2.22. The lowest BCUT2D eigenvalue weighted by Crippen LogP contribution is -2.29. The Hall–Kier alpha value is -3.25. The van der Waals surface area contributed by atoms with E-state index in [2.05, 4.69) is 49.4 Å². The van der Waals surface area contributed by atoms with Gasteiger partial charge in [0.15, 0.2) is 0 Å². The Balaban J connectivity index is 1.99. The van der Waals surface area contributed by atoms with Crippen molar-refractivity contribution in [2.24, 2.45) is 0 Å². The number of aryl methyl sites for hydroxylation is 1. The number of aromatic nitrogens is 2. The summed E-state index contributed by atoms with van der Waals surface area (Å²) in [5.41, 5.74) is 6.57.